The quantitative estimate of drug-likeness (QED) is 0.381. The van der Waals surface area contributed by atoms with Crippen molar-refractivity contribution < 1.29 is 0 Å². The molecule has 0 radical (unpaired) electrons. The van der Waals surface area contributed by atoms with Crippen LogP contribution < -0.4 is 0 Å². The Kier molecular flexibility index (Phi) is 2.46. The van der Waals surface area contributed by atoms with Crippen LogP contribution in [0.4, 0.5) is 0 Å². The van der Waals surface area contributed by atoms with Crippen molar-refractivity contribution in [2.45, 2.75) is 39.0 Å². The summed E-state index contributed by atoms with van der Waals surface area (Å²) in [5.74, 6) is 4.06. The smallest absolute Gasteiger partial charge is 0.00547 e. The van der Waals surface area contributed by atoms with Gasteiger partial charge in [-0.2, -0.15) is 0 Å². The lowest BCUT2D eigenvalue weighted by molar-refractivity contribution is 0.0886. The van der Waals surface area contributed by atoms with E-state index in [1.165, 1.54) is 36.5 Å². The SMILES string of the molecule is C=C1CC2CC3CC(C1)C(C2)[C@]3(C)CI. The molecule has 0 aromatic rings. The molecule has 0 aromatic carbocycles. The van der Waals surface area contributed by atoms with Gasteiger partial charge in [-0.05, 0) is 61.2 Å². The molecule has 3 fully saturated rings. The lowest BCUT2D eigenvalue weighted by Crippen LogP contribution is -2.37. The minimum atomic E-state index is 0.673. The van der Waals surface area contributed by atoms with E-state index in [-0.39, 0.29) is 0 Å². The average molecular weight is 316 g/mol. The fourth-order valence-electron chi connectivity index (χ4n) is 4.79. The van der Waals surface area contributed by atoms with Gasteiger partial charge in [-0.3, -0.25) is 0 Å². The largest absolute Gasteiger partial charge is 0.0998 e. The molecule has 1 heteroatoms. The van der Waals surface area contributed by atoms with Crippen molar-refractivity contribution in [1.82, 2.24) is 0 Å². The number of fused-ring (bicyclic) bond motifs is 2. The number of hydrogen-bond acceptors (Lipinski definition) is 0. The highest BCUT2D eigenvalue weighted by Crippen LogP contribution is 2.63. The van der Waals surface area contributed by atoms with Crippen molar-refractivity contribution in [3.05, 3.63) is 12.2 Å². The van der Waals surface area contributed by atoms with Crippen LogP contribution in [0.15, 0.2) is 12.2 Å². The summed E-state index contributed by atoms with van der Waals surface area (Å²) < 4.78 is 1.37. The maximum atomic E-state index is 4.28. The molecule has 3 aliphatic rings. The van der Waals surface area contributed by atoms with Crippen molar-refractivity contribution in [1.29, 1.82) is 0 Å². The molecule has 0 nitrogen and oxygen atoms in total. The van der Waals surface area contributed by atoms with Gasteiger partial charge in [-0.1, -0.05) is 41.7 Å². The summed E-state index contributed by atoms with van der Waals surface area (Å²) in [6.45, 7) is 6.85. The van der Waals surface area contributed by atoms with E-state index in [1.54, 1.807) is 5.57 Å². The first kappa shape index (κ1) is 10.6. The first-order chi connectivity index (χ1) is 7.13. The van der Waals surface area contributed by atoms with Crippen LogP contribution in [0.2, 0.25) is 0 Å². The summed E-state index contributed by atoms with van der Waals surface area (Å²) in [7, 11) is 0. The predicted molar refractivity (Wildman–Crippen MR) is 73.2 cm³/mol. The second kappa shape index (κ2) is 3.48. The molecule has 0 amide bonds. The maximum absolute atomic E-state index is 4.28. The van der Waals surface area contributed by atoms with E-state index in [0.29, 0.717) is 5.41 Å². The highest BCUT2D eigenvalue weighted by Gasteiger charge is 2.55. The van der Waals surface area contributed by atoms with Gasteiger partial charge < -0.3 is 0 Å². The Morgan fingerprint density at radius 2 is 2.13 bits per heavy atom. The fourth-order valence-corrected chi connectivity index (χ4v) is 5.98. The summed E-state index contributed by atoms with van der Waals surface area (Å²) in [6, 6.07) is 0. The summed E-state index contributed by atoms with van der Waals surface area (Å²) >= 11 is 2.63. The Morgan fingerprint density at radius 3 is 2.87 bits per heavy atom. The number of alkyl halides is 1. The first-order valence-corrected chi connectivity index (χ1v) is 7.88. The van der Waals surface area contributed by atoms with Crippen LogP contribution in [0.1, 0.15) is 39.0 Å². The Labute approximate surface area is 107 Å². The lowest BCUT2D eigenvalue weighted by atomic mass is 9.64. The number of allylic oxidation sites excluding steroid dienone is 1. The summed E-state index contributed by atoms with van der Waals surface area (Å²) in [5, 5.41) is 0. The fraction of sp³-hybridized carbons (Fsp3) is 0.857. The van der Waals surface area contributed by atoms with E-state index in [1.807, 2.05) is 0 Å². The topological polar surface area (TPSA) is 0 Å². The summed E-state index contributed by atoms with van der Waals surface area (Å²) in [5.41, 5.74) is 2.23. The molecule has 0 N–H and O–H groups in total. The molecule has 0 aliphatic heterocycles. The van der Waals surface area contributed by atoms with Crippen LogP contribution in [0.25, 0.3) is 0 Å². The van der Waals surface area contributed by atoms with Crippen LogP contribution >= 0.6 is 22.6 Å². The number of halogens is 1. The average Bonchev–Trinajstić information content (AvgIpc) is 2.37. The highest BCUT2D eigenvalue weighted by atomic mass is 127. The van der Waals surface area contributed by atoms with E-state index in [0.717, 1.165) is 23.7 Å². The molecule has 15 heavy (non-hydrogen) atoms. The normalized spacial score (nSPS) is 53.3. The molecule has 0 aromatic heterocycles. The molecule has 3 bridgehead atoms. The van der Waals surface area contributed by atoms with Crippen LogP contribution in [0, 0.1) is 29.1 Å². The second-order valence-corrected chi connectivity index (χ2v) is 7.20. The molecular formula is C14H21I. The Hall–Kier alpha value is 0.470. The third-order valence-corrected chi connectivity index (χ3v) is 7.20. The van der Waals surface area contributed by atoms with Gasteiger partial charge in [-0.15, -0.1) is 0 Å². The summed E-state index contributed by atoms with van der Waals surface area (Å²) in [6.07, 6.45) is 7.23. The zero-order valence-corrected chi connectivity index (χ0v) is 11.8. The summed E-state index contributed by atoms with van der Waals surface area (Å²) in [4.78, 5) is 0. The molecule has 84 valence electrons. The third kappa shape index (κ3) is 1.44. The van der Waals surface area contributed by atoms with E-state index < -0.39 is 0 Å². The van der Waals surface area contributed by atoms with Gasteiger partial charge in [0.05, 0.1) is 0 Å². The monoisotopic (exact) mass is 316 g/mol. The highest BCUT2D eigenvalue weighted by molar-refractivity contribution is 14.1. The molecule has 5 atom stereocenters. The van der Waals surface area contributed by atoms with Crippen molar-refractivity contribution in [3.63, 3.8) is 0 Å². The lowest BCUT2D eigenvalue weighted by Gasteiger charge is -2.43. The molecule has 3 rings (SSSR count). The Bertz CT molecular complexity index is 294. The zero-order valence-electron chi connectivity index (χ0n) is 9.64. The van der Waals surface area contributed by atoms with Gasteiger partial charge in [-0.25, -0.2) is 0 Å². The van der Waals surface area contributed by atoms with Gasteiger partial charge >= 0.3 is 0 Å². The van der Waals surface area contributed by atoms with Crippen LogP contribution in [-0.4, -0.2) is 4.43 Å². The molecule has 3 aliphatic carbocycles. The van der Waals surface area contributed by atoms with Crippen LogP contribution in [0.5, 0.6) is 0 Å². The van der Waals surface area contributed by atoms with Gasteiger partial charge in [0.15, 0.2) is 0 Å². The first-order valence-electron chi connectivity index (χ1n) is 6.36. The number of rotatable bonds is 1. The zero-order chi connectivity index (χ0) is 10.6. The predicted octanol–water partition coefficient (Wildman–Crippen LogP) is 4.44. The van der Waals surface area contributed by atoms with E-state index >= 15 is 0 Å². The minimum absolute atomic E-state index is 0.673. The standard InChI is InChI=1S/C14H21I/c1-9-3-10-5-12-7-11(4-9)13(6-10)14(12,2)8-15/h10-13H,1,3-8H2,2H3/t10?,11?,12?,13?,14-/m1/s1. The molecule has 0 heterocycles. The maximum Gasteiger partial charge on any atom is 0.00547 e. The van der Waals surface area contributed by atoms with Crippen molar-refractivity contribution in [2.75, 3.05) is 4.43 Å². The van der Waals surface area contributed by atoms with E-state index in [2.05, 4.69) is 36.1 Å². The molecule has 4 unspecified atom stereocenters. The Morgan fingerprint density at radius 1 is 1.33 bits per heavy atom. The Balaban J connectivity index is 1.96. The second-order valence-electron chi connectivity index (χ2n) is 6.43. The molecule has 0 saturated heterocycles. The van der Waals surface area contributed by atoms with Crippen molar-refractivity contribution in [3.8, 4) is 0 Å². The molecule has 0 spiro atoms. The third-order valence-electron chi connectivity index (χ3n) is 5.56. The minimum Gasteiger partial charge on any atom is -0.0998 e. The van der Waals surface area contributed by atoms with Crippen LogP contribution in [0.3, 0.4) is 0 Å². The van der Waals surface area contributed by atoms with Crippen LogP contribution in [-0.2, 0) is 0 Å². The van der Waals surface area contributed by atoms with Gasteiger partial charge in [0.1, 0.15) is 0 Å². The van der Waals surface area contributed by atoms with Gasteiger partial charge in [0.2, 0.25) is 0 Å². The van der Waals surface area contributed by atoms with Gasteiger partial charge in [0, 0.05) is 4.43 Å². The number of hydrogen-bond donors (Lipinski definition) is 0. The van der Waals surface area contributed by atoms with Crippen molar-refractivity contribution >= 4 is 22.6 Å². The molecular weight excluding hydrogens is 295 g/mol. The van der Waals surface area contributed by atoms with E-state index in [4.69, 9.17) is 0 Å². The van der Waals surface area contributed by atoms with Gasteiger partial charge in [0.25, 0.3) is 0 Å². The van der Waals surface area contributed by atoms with Crippen molar-refractivity contribution in [2.24, 2.45) is 29.1 Å². The molecule has 3 saturated carbocycles. The van der Waals surface area contributed by atoms with E-state index in [9.17, 15) is 0 Å².